The molecule has 3 N–H and O–H groups in total. The molecule has 9 nitrogen and oxygen atoms in total. The molecule has 0 aliphatic rings. The van der Waals surface area contributed by atoms with E-state index in [2.05, 4.69) is 15.3 Å². The van der Waals surface area contributed by atoms with Gasteiger partial charge in [0, 0.05) is 31.1 Å². The Hall–Kier alpha value is -3.79. The van der Waals surface area contributed by atoms with Gasteiger partial charge in [0.15, 0.2) is 5.13 Å². The number of amides is 3. The van der Waals surface area contributed by atoms with Gasteiger partial charge in [0.05, 0.1) is 5.69 Å². The average Bonchev–Trinajstić information content (AvgIpc) is 3.20. The van der Waals surface area contributed by atoms with Crippen LogP contribution < -0.4 is 15.5 Å². The number of pyridine rings is 1. The normalized spacial score (nSPS) is 10.3. The molecule has 3 aromatic rings. The summed E-state index contributed by atoms with van der Waals surface area (Å²) < 4.78 is 0. The third-order valence-electron chi connectivity index (χ3n) is 4.20. The first-order valence-electron chi connectivity index (χ1n) is 8.87. The van der Waals surface area contributed by atoms with Crippen molar-refractivity contribution in [2.75, 3.05) is 23.8 Å². The van der Waals surface area contributed by atoms with Gasteiger partial charge < -0.3 is 20.6 Å². The van der Waals surface area contributed by atoms with Gasteiger partial charge in [-0.05, 0) is 29.3 Å². The van der Waals surface area contributed by atoms with Crippen LogP contribution in [0.5, 0.6) is 0 Å². The van der Waals surface area contributed by atoms with E-state index in [-0.39, 0.29) is 12.5 Å². The van der Waals surface area contributed by atoms with Crippen molar-refractivity contribution >= 4 is 40.2 Å². The first-order chi connectivity index (χ1) is 14.3. The lowest BCUT2D eigenvalue weighted by Gasteiger charge is -2.14. The minimum Gasteiger partial charge on any atom is -0.465 e. The van der Waals surface area contributed by atoms with Crippen molar-refractivity contribution in [3.8, 4) is 22.4 Å². The lowest BCUT2D eigenvalue weighted by atomic mass is 10.0. The first kappa shape index (κ1) is 20.9. The highest BCUT2D eigenvalue weighted by atomic mass is 32.1. The van der Waals surface area contributed by atoms with Gasteiger partial charge in [-0.1, -0.05) is 18.2 Å². The molecule has 2 heterocycles. The Labute approximate surface area is 176 Å². The number of carbonyl (C=O) groups is 3. The second-order valence-electron chi connectivity index (χ2n) is 6.31. The van der Waals surface area contributed by atoms with E-state index in [1.807, 2.05) is 41.7 Å². The van der Waals surface area contributed by atoms with Crippen molar-refractivity contribution in [2.45, 2.75) is 6.92 Å². The smallest absolute Gasteiger partial charge is 0.405 e. The second kappa shape index (κ2) is 9.14. The van der Waals surface area contributed by atoms with Crippen LogP contribution in [0, 0.1) is 0 Å². The van der Waals surface area contributed by atoms with Crippen molar-refractivity contribution in [2.24, 2.45) is 0 Å². The SMILES string of the molecule is CC(=O)N(C)c1cc(-c2cccc(-c3csc(NC(=O)CNC(=O)O)n3)c2)ccn1. The number of anilines is 2. The fourth-order valence-electron chi connectivity index (χ4n) is 2.58. The molecule has 0 saturated heterocycles. The average molecular weight is 425 g/mol. The molecular formula is C20H19N5O4S. The zero-order chi connectivity index (χ0) is 21.7. The summed E-state index contributed by atoms with van der Waals surface area (Å²) in [5, 5.41) is 15.3. The van der Waals surface area contributed by atoms with E-state index < -0.39 is 12.0 Å². The minimum absolute atomic E-state index is 0.107. The highest BCUT2D eigenvalue weighted by Crippen LogP contribution is 2.29. The van der Waals surface area contributed by atoms with E-state index in [0.29, 0.717) is 16.6 Å². The number of carbonyl (C=O) groups excluding carboxylic acids is 2. The molecule has 154 valence electrons. The molecule has 0 unspecified atom stereocenters. The van der Waals surface area contributed by atoms with Crippen LogP contribution in [0.1, 0.15) is 6.92 Å². The molecule has 0 aliphatic heterocycles. The van der Waals surface area contributed by atoms with Crippen LogP contribution in [-0.2, 0) is 9.59 Å². The Bertz CT molecular complexity index is 1100. The van der Waals surface area contributed by atoms with E-state index in [4.69, 9.17) is 5.11 Å². The Balaban J connectivity index is 1.79. The molecule has 1 aromatic carbocycles. The fraction of sp³-hybridized carbons (Fsp3) is 0.150. The molecule has 2 aromatic heterocycles. The Morgan fingerprint density at radius 1 is 1.13 bits per heavy atom. The monoisotopic (exact) mass is 425 g/mol. The van der Waals surface area contributed by atoms with Gasteiger partial charge >= 0.3 is 6.09 Å². The Kier molecular flexibility index (Phi) is 6.38. The molecule has 0 aliphatic carbocycles. The molecule has 0 bridgehead atoms. The summed E-state index contributed by atoms with van der Waals surface area (Å²) in [4.78, 5) is 43.9. The molecule has 0 fully saturated rings. The van der Waals surface area contributed by atoms with Gasteiger partial charge in [-0.25, -0.2) is 14.8 Å². The van der Waals surface area contributed by atoms with E-state index in [9.17, 15) is 14.4 Å². The third kappa shape index (κ3) is 5.17. The summed E-state index contributed by atoms with van der Waals surface area (Å²) in [5.74, 6) is -0.0472. The quantitative estimate of drug-likeness (QED) is 0.557. The number of hydrogen-bond donors (Lipinski definition) is 3. The first-order valence-corrected chi connectivity index (χ1v) is 9.75. The summed E-state index contributed by atoms with van der Waals surface area (Å²) in [6, 6.07) is 11.4. The molecule has 3 amide bonds. The minimum atomic E-state index is -1.27. The maximum absolute atomic E-state index is 11.7. The molecule has 0 spiro atoms. The molecule has 3 rings (SSSR count). The molecule has 0 saturated carbocycles. The molecule has 0 radical (unpaired) electrons. The van der Waals surface area contributed by atoms with Crippen LogP contribution >= 0.6 is 11.3 Å². The van der Waals surface area contributed by atoms with Gasteiger partial charge in [-0.3, -0.25) is 9.59 Å². The second-order valence-corrected chi connectivity index (χ2v) is 7.16. The number of carboxylic acid groups (broad SMARTS) is 1. The van der Waals surface area contributed by atoms with Gasteiger partial charge in [0.1, 0.15) is 12.4 Å². The maximum atomic E-state index is 11.7. The lowest BCUT2D eigenvalue weighted by molar-refractivity contribution is -0.116. The fourth-order valence-corrected chi connectivity index (χ4v) is 3.32. The van der Waals surface area contributed by atoms with Crippen LogP contribution in [0.25, 0.3) is 22.4 Å². The van der Waals surface area contributed by atoms with Crippen molar-refractivity contribution < 1.29 is 19.5 Å². The summed E-state index contributed by atoms with van der Waals surface area (Å²) in [7, 11) is 1.67. The van der Waals surface area contributed by atoms with Crippen LogP contribution in [0.15, 0.2) is 48.0 Å². The lowest BCUT2D eigenvalue weighted by Crippen LogP contribution is -2.31. The van der Waals surface area contributed by atoms with Crippen LogP contribution in [0.2, 0.25) is 0 Å². The number of nitrogens with zero attached hydrogens (tertiary/aromatic N) is 3. The van der Waals surface area contributed by atoms with Crippen LogP contribution in [0.3, 0.4) is 0 Å². The van der Waals surface area contributed by atoms with Crippen LogP contribution in [0.4, 0.5) is 15.7 Å². The Morgan fingerprint density at radius 2 is 1.87 bits per heavy atom. The molecule has 10 heteroatoms. The maximum Gasteiger partial charge on any atom is 0.405 e. The van der Waals surface area contributed by atoms with E-state index in [0.717, 1.165) is 16.7 Å². The molecule has 30 heavy (non-hydrogen) atoms. The number of benzene rings is 1. The predicted molar refractivity (Wildman–Crippen MR) is 115 cm³/mol. The topological polar surface area (TPSA) is 125 Å². The highest BCUT2D eigenvalue weighted by Gasteiger charge is 2.11. The molecular weight excluding hydrogens is 406 g/mol. The van der Waals surface area contributed by atoms with E-state index in [1.165, 1.54) is 23.2 Å². The summed E-state index contributed by atoms with van der Waals surface area (Å²) in [6.45, 7) is 1.13. The van der Waals surface area contributed by atoms with Crippen molar-refractivity contribution in [3.05, 3.63) is 48.0 Å². The summed E-state index contributed by atoms with van der Waals surface area (Å²) in [6.07, 6.45) is 0.383. The third-order valence-corrected chi connectivity index (χ3v) is 4.96. The number of nitrogens with one attached hydrogen (secondary N) is 2. The van der Waals surface area contributed by atoms with Gasteiger partial charge in [0.25, 0.3) is 0 Å². The standard InChI is InChI=1S/C20H19N5O4S/c1-12(26)25(2)17-9-14(6-7-21-17)13-4-3-5-15(8-13)16-11-30-19(23-16)24-18(27)10-22-20(28)29/h3-9,11,22H,10H2,1-2H3,(H,28,29)(H,23,24,27). The largest absolute Gasteiger partial charge is 0.465 e. The van der Waals surface area contributed by atoms with Crippen molar-refractivity contribution in [3.63, 3.8) is 0 Å². The van der Waals surface area contributed by atoms with E-state index >= 15 is 0 Å². The summed E-state index contributed by atoms with van der Waals surface area (Å²) in [5.41, 5.74) is 3.36. The van der Waals surface area contributed by atoms with E-state index in [1.54, 1.807) is 18.6 Å². The zero-order valence-electron chi connectivity index (χ0n) is 16.2. The zero-order valence-corrected chi connectivity index (χ0v) is 17.1. The predicted octanol–water partition coefficient (Wildman–Crippen LogP) is 3.06. The summed E-state index contributed by atoms with van der Waals surface area (Å²) >= 11 is 1.25. The number of hydrogen-bond acceptors (Lipinski definition) is 6. The Morgan fingerprint density at radius 3 is 2.60 bits per heavy atom. The van der Waals surface area contributed by atoms with Gasteiger partial charge in [-0.15, -0.1) is 11.3 Å². The number of aromatic nitrogens is 2. The number of thiazole rings is 1. The van der Waals surface area contributed by atoms with Crippen molar-refractivity contribution in [1.29, 1.82) is 0 Å². The van der Waals surface area contributed by atoms with Gasteiger partial charge in [-0.2, -0.15) is 0 Å². The molecule has 0 atom stereocenters. The van der Waals surface area contributed by atoms with Crippen molar-refractivity contribution in [1.82, 2.24) is 15.3 Å². The van der Waals surface area contributed by atoms with Gasteiger partial charge in [0.2, 0.25) is 11.8 Å². The van der Waals surface area contributed by atoms with Crippen LogP contribution in [-0.4, -0.2) is 46.6 Å². The number of rotatable bonds is 6. The highest BCUT2D eigenvalue weighted by molar-refractivity contribution is 7.14.